The first-order chi connectivity index (χ1) is 13.0. The molecule has 2 aromatic carbocycles. The van der Waals surface area contributed by atoms with Gasteiger partial charge in [-0.15, -0.1) is 0 Å². The molecule has 0 radical (unpaired) electrons. The number of carbonyl (C=O) groups is 1. The highest BCUT2D eigenvalue weighted by Crippen LogP contribution is 2.23. The summed E-state index contributed by atoms with van der Waals surface area (Å²) < 4.78 is 27.6. The molecule has 6 nitrogen and oxygen atoms in total. The Kier molecular flexibility index (Phi) is 6.98. The Bertz CT molecular complexity index is 888. The molecule has 0 aliphatic rings. The van der Waals surface area contributed by atoms with Gasteiger partial charge < -0.3 is 10.0 Å². The van der Waals surface area contributed by atoms with Crippen molar-refractivity contribution >= 4 is 15.9 Å². The van der Waals surface area contributed by atoms with E-state index in [1.165, 1.54) is 17.0 Å². The fraction of sp³-hybridized carbons (Fsp3) is 0.381. The Balaban J connectivity index is 2.12. The highest BCUT2D eigenvalue weighted by molar-refractivity contribution is 7.89. The van der Waals surface area contributed by atoms with Crippen molar-refractivity contribution in [2.45, 2.75) is 43.7 Å². The summed E-state index contributed by atoms with van der Waals surface area (Å²) in [6.07, 6.45) is 0. The third-order valence-corrected chi connectivity index (χ3v) is 5.94. The molecule has 0 aliphatic heterocycles. The van der Waals surface area contributed by atoms with Crippen molar-refractivity contribution in [3.05, 3.63) is 65.7 Å². The van der Waals surface area contributed by atoms with Crippen molar-refractivity contribution in [3.63, 3.8) is 0 Å². The van der Waals surface area contributed by atoms with Gasteiger partial charge in [0.1, 0.15) is 6.04 Å². The summed E-state index contributed by atoms with van der Waals surface area (Å²) in [5.74, 6) is -0.499. The Morgan fingerprint density at radius 2 is 1.64 bits per heavy atom. The number of sulfonamides is 1. The van der Waals surface area contributed by atoms with Gasteiger partial charge in [0.15, 0.2) is 0 Å². The highest BCUT2D eigenvalue weighted by atomic mass is 32.2. The van der Waals surface area contributed by atoms with E-state index >= 15 is 0 Å². The van der Waals surface area contributed by atoms with Gasteiger partial charge >= 0.3 is 0 Å². The van der Waals surface area contributed by atoms with E-state index in [9.17, 15) is 18.3 Å². The van der Waals surface area contributed by atoms with Crippen LogP contribution in [0.5, 0.6) is 0 Å². The minimum atomic E-state index is -3.94. The SMILES string of the molecule is CN(Cc1ccccc1)C(=O)C(CO)NS(=O)(=O)c1ccc(C(C)(C)C)cc1. The molecule has 2 N–H and O–H groups in total. The summed E-state index contributed by atoms with van der Waals surface area (Å²) in [5.41, 5.74) is 1.82. The Morgan fingerprint density at radius 3 is 2.14 bits per heavy atom. The molecule has 1 atom stereocenters. The van der Waals surface area contributed by atoms with Gasteiger partial charge in [0.25, 0.3) is 0 Å². The average Bonchev–Trinajstić information content (AvgIpc) is 2.65. The number of amides is 1. The molecule has 7 heteroatoms. The number of carbonyl (C=O) groups excluding carboxylic acids is 1. The largest absolute Gasteiger partial charge is 0.394 e. The van der Waals surface area contributed by atoms with Gasteiger partial charge in [0.2, 0.25) is 15.9 Å². The smallest absolute Gasteiger partial charge is 0.243 e. The van der Waals surface area contributed by atoms with Crippen molar-refractivity contribution in [1.29, 1.82) is 0 Å². The number of likely N-dealkylation sites (N-methyl/N-ethyl adjacent to an activating group) is 1. The molecule has 0 aliphatic carbocycles. The van der Waals surface area contributed by atoms with E-state index in [4.69, 9.17) is 0 Å². The standard InChI is InChI=1S/C21H28N2O4S/c1-21(2,3)17-10-12-18(13-11-17)28(26,27)22-19(15-24)20(25)23(4)14-16-8-6-5-7-9-16/h5-13,19,22,24H,14-15H2,1-4H3. The molecule has 2 rings (SSSR count). The summed E-state index contributed by atoms with van der Waals surface area (Å²) in [4.78, 5) is 14.1. The lowest BCUT2D eigenvalue weighted by molar-refractivity contribution is -0.133. The molecule has 0 saturated carbocycles. The zero-order chi connectivity index (χ0) is 20.9. The third kappa shape index (κ3) is 5.64. The van der Waals surface area contributed by atoms with E-state index in [0.717, 1.165) is 11.1 Å². The number of nitrogens with one attached hydrogen (secondary N) is 1. The molecule has 0 spiro atoms. The van der Waals surface area contributed by atoms with E-state index in [-0.39, 0.29) is 10.3 Å². The van der Waals surface area contributed by atoms with Crippen LogP contribution in [0.3, 0.4) is 0 Å². The van der Waals surface area contributed by atoms with Crippen LogP contribution in [0.2, 0.25) is 0 Å². The molecule has 28 heavy (non-hydrogen) atoms. The average molecular weight is 405 g/mol. The number of hydrogen-bond acceptors (Lipinski definition) is 4. The predicted octanol–water partition coefficient (Wildman–Crippen LogP) is 2.28. The van der Waals surface area contributed by atoms with Crippen LogP contribution in [0.15, 0.2) is 59.5 Å². The summed E-state index contributed by atoms with van der Waals surface area (Å²) in [6.45, 7) is 5.81. The first-order valence-electron chi connectivity index (χ1n) is 9.07. The number of nitrogens with zero attached hydrogens (tertiary/aromatic N) is 1. The van der Waals surface area contributed by atoms with Gasteiger partial charge in [-0.2, -0.15) is 4.72 Å². The Labute approximate surface area is 167 Å². The van der Waals surface area contributed by atoms with E-state index in [0.29, 0.717) is 6.54 Å². The van der Waals surface area contributed by atoms with Crippen molar-refractivity contribution in [2.75, 3.05) is 13.7 Å². The molecule has 0 aromatic heterocycles. The van der Waals surface area contributed by atoms with Crippen molar-refractivity contribution in [1.82, 2.24) is 9.62 Å². The lowest BCUT2D eigenvalue weighted by Gasteiger charge is -2.24. The molecule has 1 unspecified atom stereocenters. The minimum absolute atomic E-state index is 0.0532. The normalized spacial score (nSPS) is 13.2. The van der Waals surface area contributed by atoms with E-state index in [2.05, 4.69) is 4.72 Å². The zero-order valence-corrected chi connectivity index (χ0v) is 17.5. The van der Waals surface area contributed by atoms with Gasteiger partial charge in [0, 0.05) is 13.6 Å². The number of benzene rings is 2. The molecule has 0 saturated heterocycles. The Hall–Kier alpha value is -2.22. The van der Waals surface area contributed by atoms with Crippen LogP contribution in [0.1, 0.15) is 31.9 Å². The zero-order valence-electron chi connectivity index (χ0n) is 16.7. The van der Waals surface area contributed by atoms with Gasteiger partial charge in [-0.1, -0.05) is 63.2 Å². The highest BCUT2D eigenvalue weighted by Gasteiger charge is 2.27. The number of hydrogen-bond donors (Lipinski definition) is 2. The number of rotatable bonds is 7. The number of aliphatic hydroxyl groups excluding tert-OH is 1. The molecule has 152 valence electrons. The lowest BCUT2D eigenvalue weighted by Crippen LogP contribution is -2.49. The van der Waals surface area contributed by atoms with Crippen LogP contribution < -0.4 is 4.72 Å². The monoisotopic (exact) mass is 404 g/mol. The van der Waals surface area contributed by atoms with E-state index < -0.39 is 28.6 Å². The van der Waals surface area contributed by atoms with Crippen LogP contribution in [0, 0.1) is 0 Å². The second kappa shape index (κ2) is 8.86. The molecule has 0 heterocycles. The molecule has 1 amide bonds. The lowest BCUT2D eigenvalue weighted by atomic mass is 9.87. The maximum absolute atomic E-state index is 12.7. The van der Waals surface area contributed by atoms with Gasteiger partial charge in [-0.3, -0.25) is 4.79 Å². The minimum Gasteiger partial charge on any atom is -0.394 e. The van der Waals surface area contributed by atoms with Gasteiger partial charge in [0.05, 0.1) is 11.5 Å². The van der Waals surface area contributed by atoms with E-state index in [1.54, 1.807) is 19.2 Å². The van der Waals surface area contributed by atoms with Crippen LogP contribution in [0.25, 0.3) is 0 Å². The Morgan fingerprint density at radius 1 is 1.07 bits per heavy atom. The summed E-state index contributed by atoms with van der Waals surface area (Å²) in [6, 6.07) is 14.6. The van der Waals surface area contributed by atoms with Crippen LogP contribution >= 0.6 is 0 Å². The third-order valence-electron chi connectivity index (χ3n) is 4.45. The second-order valence-corrected chi connectivity index (χ2v) is 9.52. The molecular weight excluding hydrogens is 376 g/mol. The van der Waals surface area contributed by atoms with Gasteiger partial charge in [-0.25, -0.2) is 8.42 Å². The van der Waals surface area contributed by atoms with E-state index in [1.807, 2.05) is 51.1 Å². The van der Waals surface area contributed by atoms with Gasteiger partial charge in [-0.05, 0) is 28.7 Å². The van der Waals surface area contributed by atoms with Crippen molar-refractivity contribution in [2.24, 2.45) is 0 Å². The quantitative estimate of drug-likeness (QED) is 0.741. The maximum atomic E-state index is 12.7. The van der Waals surface area contributed by atoms with Crippen LogP contribution in [-0.2, 0) is 26.8 Å². The fourth-order valence-corrected chi connectivity index (χ4v) is 3.94. The molecule has 0 bridgehead atoms. The second-order valence-electron chi connectivity index (χ2n) is 7.81. The summed E-state index contributed by atoms with van der Waals surface area (Å²) in [5, 5.41) is 9.60. The first kappa shape index (κ1) is 22.1. The maximum Gasteiger partial charge on any atom is 0.243 e. The molecule has 2 aromatic rings. The summed E-state index contributed by atoms with van der Waals surface area (Å²) in [7, 11) is -2.37. The van der Waals surface area contributed by atoms with Crippen molar-refractivity contribution < 1.29 is 18.3 Å². The predicted molar refractivity (Wildman–Crippen MR) is 109 cm³/mol. The fourth-order valence-electron chi connectivity index (χ4n) is 2.76. The first-order valence-corrected chi connectivity index (χ1v) is 10.6. The summed E-state index contributed by atoms with van der Waals surface area (Å²) >= 11 is 0. The topological polar surface area (TPSA) is 86.7 Å². The van der Waals surface area contributed by atoms with Crippen molar-refractivity contribution in [3.8, 4) is 0 Å². The number of aliphatic hydroxyl groups is 1. The molecular formula is C21H28N2O4S. The molecule has 0 fully saturated rings. The van der Waals surface area contributed by atoms with Crippen LogP contribution in [0.4, 0.5) is 0 Å². The van der Waals surface area contributed by atoms with Crippen LogP contribution in [-0.4, -0.2) is 44.0 Å².